The number of nitrogens with two attached hydrogens (primary N) is 1. The van der Waals surface area contributed by atoms with Crippen LogP contribution in [-0.4, -0.2) is 67.8 Å². The monoisotopic (exact) mass is 1200 g/mol. The lowest BCUT2D eigenvalue weighted by Crippen LogP contribution is -3.00. The Labute approximate surface area is 469 Å². The van der Waals surface area contributed by atoms with Gasteiger partial charge in [0.05, 0.1) is 102 Å². The van der Waals surface area contributed by atoms with Crippen molar-refractivity contribution in [3.05, 3.63) is 160 Å². The van der Waals surface area contributed by atoms with E-state index in [9.17, 15) is 50.0 Å². The minimum absolute atomic E-state index is 0. The molecule has 0 radical (unpaired) electrons. The molecule has 0 spiro atoms. The van der Waals surface area contributed by atoms with Crippen molar-refractivity contribution in [2.45, 2.75) is 110 Å². The Morgan fingerprint density at radius 2 is 0.987 bits per heavy atom. The summed E-state index contributed by atoms with van der Waals surface area (Å²) in [5, 5.41) is 84.2. The van der Waals surface area contributed by atoms with Crippen LogP contribution in [0.1, 0.15) is 104 Å². The highest BCUT2D eigenvalue weighted by molar-refractivity contribution is 6.29. The predicted octanol–water partition coefficient (Wildman–Crippen LogP) is 6.14. The Kier molecular flexibility index (Phi) is 30.3. The summed E-state index contributed by atoms with van der Waals surface area (Å²) in [6.07, 6.45) is 6.00. The first kappa shape index (κ1) is 70.6. The normalized spacial score (nSPS) is 10.4. The Bertz CT molecular complexity index is 3010. The van der Waals surface area contributed by atoms with Crippen molar-refractivity contribution >= 4 is 52.0 Å². The maximum atomic E-state index is 11.8. The zero-order chi connectivity index (χ0) is 59.3. The summed E-state index contributed by atoms with van der Waals surface area (Å²) in [6, 6.07) is 24.0. The molecule has 0 aliphatic rings. The van der Waals surface area contributed by atoms with Crippen LogP contribution in [0.2, 0.25) is 5.15 Å². The van der Waals surface area contributed by atoms with Gasteiger partial charge < -0.3 is 39.2 Å². The van der Waals surface area contributed by atoms with Gasteiger partial charge in [-0.2, -0.15) is 26.3 Å². The van der Waals surface area contributed by atoms with E-state index in [2.05, 4.69) is 37.1 Å². The molecule has 2 N–H and O–H groups in total. The van der Waals surface area contributed by atoms with Crippen LogP contribution >= 0.6 is 11.6 Å². The Balaban J connectivity index is 0. The number of nitro groups is 4. The highest BCUT2D eigenvalue weighted by Crippen LogP contribution is 2.23. The molecule has 0 saturated heterocycles. The number of rotatable bonds is 10. The number of pyridine rings is 5. The van der Waals surface area contributed by atoms with Gasteiger partial charge in [0.15, 0.2) is 5.92 Å². The largest absolute Gasteiger partial charge is 1.00 e. The van der Waals surface area contributed by atoms with Crippen LogP contribution in [0.5, 0.6) is 0 Å². The van der Waals surface area contributed by atoms with Crippen molar-refractivity contribution in [1.29, 1.82) is 26.3 Å². The number of nitrogen functional groups attached to an aromatic ring is 1. The van der Waals surface area contributed by atoms with Crippen molar-refractivity contribution in [1.82, 2.24) is 24.9 Å². The van der Waals surface area contributed by atoms with Crippen molar-refractivity contribution < 1.29 is 62.7 Å². The molecule has 27 nitrogen and oxygen atoms in total. The summed E-state index contributed by atoms with van der Waals surface area (Å²) in [4.78, 5) is 80.2. The maximum absolute atomic E-state index is 11.8. The molecule has 29 heteroatoms. The fraction of sp³-hybridized carbons (Fsp3) is 0.347. The van der Waals surface area contributed by atoms with Crippen LogP contribution < -0.4 is 29.7 Å². The summed E-state index contributed by atoms with van der Waals surface area (Å²) in [5.74, 6) is -2.38. The van der Waals surface area contributed by atoms with Gasteiger partial charge in [-0.15, -0.1) is 0 Å². The predicted molar refractivity (Wildman–Crippen MR) is 274 cm³/mol. The first-order valence-electron chi connectivity index (χ1n) is 21.9. The topological polar surface area (TPSA) is 435 Å². The van der Waals surface area contributed by atoms with Crippen LogP contribution in [0.25, 0.3) is 0 Å². The lowest BCUT2D eigenvalue weighted by Gasteiger charge is -2.21. The van der Waals surface area contributed by atoms with E-state index >= 15 is 0 Å². The molecule has 5 aromatic rings. The fourth-order valence-corrected chi connectivity index (χ4v) is 4.77. The number of carbonyl (C=O) groups excluding carboxylic acids is 2. The average Bonchev–Trinajstić information content (AvgIpc) is 3.35. The third-order valence-corrected chi connectivity index (χ3v) is 8.70. The molecule has 0 aliphatic heterocycles. The van der Waals surface area contributed by atoms with Crippen LogP contribution in [0.3, 0.4) is 0 Å². The smallest absolute Gasteiger partial charge is 0.330 e. The summed E-state index contributed by atoms with van der Waals surface area (Å²) >= 11 is 5.38. The van der Waals surface area contributed by atoms with E-state index in [1.54, 1.807) is 85.9 Å². The molecule has 1 unspecified atom stereocenters. The van der Waals surface area contributed by atoms with Gasteiger partial charge in [-0.3, -0.25) is 70.0 Å². The number of halogens is 2. The van der Waals surface area contributed by atoms with E-state index in [0.29, 0.717) is 17.1 Å². The summed E-state index contributed by atoms with van der Waals surface area (Å²) in [7, 11) is 0. The highest BCUT2D eigenvalue weighted by atomic mass is 127. The molecule has 0 fully saturated rings. The number of hydrogen-bond donors (Lipinski definition) is 1. The molecule has 5 heterocycles. The number of aromatic nitrogens is 5. The van der Waals surface area contributed by atoms with Gasteiger partial charge >= 0.3 is 11.9 Å². The van der Waals surface area contributed by atoms with Gasteiger partial charge in [-0.1, -0.05) is 11.6 Å². The first-order valence-corrected chi connectivity index (χ1v) is 22.2. The molecule has 0 aliphatic carbocycles. The average molecular weight is 1210 g/mol. The Hall–Kier alpha value is -9.44. The third-order valence-electron chi connectivity index (χ3n) is 8.48. The van der Waals surface area contributed by atoms with E-state index < -0.39 is 59.6 Å². The molecule has 1 atom stereocenters. The Morgan fingerprint density at radius 3 is 1.29 bits per heavy atom. The second-order valence-electron chi connectivity index (χ2n) is 18.0. The molecule has 78 heavy (non-hydrogen) atoms. The number of esters is 2. The minimum Gasteiger partial charge on any atom is -1.00 e. The molecular formula is C49H52ClIN15O12-. The zero-order valence-electron chi connectivity index (χ0n) is 43.6. The lowest BCUT2D eigenvalue weighted by molar-refractivity contribution is -0.385. The van der Waals surface area contributed by atoms with Crippen LogP contribution in [0.4, 0.5) is 28.4 Å². The van der Waals surface area contributed by atoms with Crippen molar-refractivity contribution in [2.24, 2.45) is 0 Å². The molecule has 5 aromatic heterocycles. The molecule has 410 valence electrons. The fourth-order valence-electron chi connectivity index (χ4n) is 4.66. The standard InChI is InChI=1S/C12H13N3O4.C9H9N3O2.C9H11N3.C7H5N3O2.C7H11NO2.C5H3ClN2O2.HI/c1-12(2,3)19-11(16)9(6-13)10-5-4-8(7-14-10)15(17)18;1-9(2,6-10)8-4-3-7(5-11-8)12(13)14;1-9(2,6-10)8-4-3-7(11)5-12-8;8-4-3-6-1-2-7(5-9-6)10(11)12;1-7(2,3)10-6(9)4-5-8;6-5-2-1-4(3-7-5)8(9)10;/h4-5,7,9H,1-3H3;3-5H,1-2H3;3-5H,11H2,1-2H3;1-2,5H,3H2;4H2,1-3H3;1-3H;1H/p-1. The summed E-state index contributed by atoms with van der Waals surface area (Å²) in [6.45, 7) is 17.4. The number of nitriles is 5. The van der Waals surface area contributed by atoms with Gasteiger partial charge in [-0.05, 0) is 106 Å². The number of hydrogen-bond acceptors (Lipinski definition) is 23. The van der Waals surface area contributed by atoms with Crippen molar-refractivity contribution in [3.63, 3.8) is 0 Å². The summed E-state index contributed by atoms with van der Waals surface area (Å²) in [5.41, 5.74) is 5.22. The van der Waals surface area contributed by atoms with Gasteiger partial charge in [0.25, 0.3) is 22.7 Å². The van der Waals surface area contributed by atoms with Gasteiger partial charge in [0, 0.05) is 24.3 Å². The highest BCUT2D eigenvalue weighted by Gasteiger charge is 2.28. The zero-order valence-corrected chi connectivity index (χ0v) is 46.6. The number of nitrogens with zero attached hydrogens (tertiary/aromatic N) is 14. The molecule has 0 aromatic carbocycles. The van der Waals surface area contributed by atoms with Crippen molar-refractivity contribution in [3.8, 4) is 30.3 Å². The second-order valence-corrected chi connectivity index (χ2v) is 18.4. The third kappa shape index (κ3) is 28.3. The Morgan fingerprint density at radius 1 is 0.577 bits per heavy atom. The number of anilines is 1. The van der Waals surface area contributed by atoms with E-state index in [0.717, 1.165) is 30.5 Å². The van der Waals surface area contributed by atoms with E-state index in [1.165, 1.54) is 48.5 Å². The van der Waals surface area contributed by atoms with Gasteiger partial charge in [-0.25, -0.2) is 4.98 Å². The summed E-state index contributed by atoms with van der Waals surface area (Å²) < 4.78 is 9.90. The van der Waals surface area contributed by atoms with Gasteiger partial charge in [0.1, 0.15) is 47.6 Å². The molecule has 0 bridgehead atoms. The van der Waals surface area contributed by atoms with Crippen LogP contribution in [0.15, 0.2) is 91.6 Å². The maximum Gasteiger partial charge on any atom is 0.330 e. The second kappa shape index (κ2) is 33.5. The van der Waals surface area contributed by atoms with E-state index in [4.69, 9.17) is 53.1 Å². The van der Waals surface area contributed by atoms with Gasteiger partial charge in [0.2, 0.25) is 0 Å². The lowest BCUT2D eigenvalue weighted by atomic mass is 9.91. The molecular weight excluding hydrogens is 1150 g/mol. The number of carbonyl (C=O) groups is 2. The molecule has 0 saturated carbocycles. The van der Waals surface area contributed by atoms with E-state index in [-0.39, 0.29) is 70.4 Å². The minimum atomic E-state index is -1.19. The first-order chi connectivity index (χ1) is 35.7. The molecule has 0 amide bonds. The number of ether oxygens (including phenoxy) is 2. The van der Waals surface area contributed by atoms with Crippen LogP contribution in [0, 0.1) is 97.1 Å². The van der Waals surface area contributed by atoms with Crippen molar-refractivity contribution in [2.75, 3.05) is 5.73 Å². The SMILES string of the molecule is CC(C)(C#N)c1ccc(N)cn1.CC(C)(C#N)c1ccc([N+](=O)[O-])cn1.CC(C)(C)OC(=O)C(C#N)c1ccc([N+](=O)[O-])cn1.CC(C)(C)OC(=O)CC#N.N#CCc1ccc([N+](=O)[O-])cn1.O=[N+]([O-])c1ccc(Cl)nc1.[I-]. The van der Waals surface area contributed by atoms with E-state index in [1.807, 2.05) is 19.9 Å². The quantitative estimate of drug-likeness (QED) is 0.0539. The molecule has 5 rings (SSSR count). The van der Waals surface area contributed by atoms with Crippen LogP contribution in [-0.2, 0) is 36.3 Å².